The van der Waals surface area contributed by atoms with Crippen LogP contribution in [0.1, 0.15) is 13.8 Å². The topological polar surface area (TPSA) is 60.2 Å². The summed E-state index contributed by atoms with van der Waals surface area (Å²) in [4.78, 5) is 4.64. The first-order valence-corrected chi connectivity index (χ1v) is 8.34. The van der Waals surface area contributed by atoms with Gasteiger partial charge < -0.3 is 15.8 Å². The number of nitrogens with zero attached hydrogens (tertiary/aromatic N) is 1. The summed E-state index contributed by atoms with van der Waals surface area (Å²) in [5.74, 6) is 0.826. The number of benzene rings is 2. The Morgan fingerprint density at radius 2 is 1.83 bits per heavy atom. The molecular formula is C18H19N3OS. The summed E-state index contributed by atoms with van der Waals surface area (Å²) in [6.07, 6.45) is 0.125. The molecular weight excluding hydrogens is 306 g/mol. The van der Waals surface area contributed by atoms with Gasteiger partial charge in [0.15, 0.2) is 5.13 Å². The lowest BCUT2D eigenvalue weighted by molar-refractivity contribution is 0.244. The van der Waals surface area contributed by atoms with Crippen LogP contribution < -0.4 is 15.8 Å². The summed E-state index contributed by atoms with van der Waals surface area (Å²) in [6.45, 7) is 4.03. The molecule has 0 aliphatic carbocycles. The minimum absolute atomic E-state index is 0.125. The van der Waals surface area contributed by atoms with Gasteiger partial charge in [-0.3, -0.25) is 0 Å². The Morgan fingerprint density at radius 3 is 2.57 bits per heavy atom. The fraction of sp³-hybridized carbons (Fsp3) is 0.167. The van der Waals surface area contributed by atoms with Crippen molar-refractivity contribution in [2.24, 2.45) is 0 Å². The molecule has 0 radical (unpaired) electrons. The number of hydrogen-bond donors (Lipinski definition) is 2. The zero-order chi connectivity index (χ0) is 16.2. The van der Waals surface area contributed by atoms with E-state index in [9.17, 15) is 0 Å². The molecule has 0 atom stereocenters. The van der Waals surface area contributed by atoms with Crippen molar-refractivity contribution in [3.05, 3.63) is 53.9 Å². The van der Waals surface area contributed by atoms with Gasteiger partial charge in [-0.15, -0.1) is 11.3 Å². The number of nitrogen functional groups attached to an aromatic ring is 1. The van der Waals surface area contributed by atoms with Gasteiger partial charge >= 0.3 is 0 Å². The van der Waals surface area contributed by atoms with E-state index < -0.39 is 0 Å². The van der Waals surface area contributed by atoms with E-state index in [1.807, 2.05) is 67.8 Å². The normalized spacial score (nSPS) is 10.7. The third-order valence-electron chi connectivity index (χ3n) is 3.20. The van der Waals surface area contributed by atoms with Gasteiger partial charge in [-0.05, 0) is 38.1 Å². The van der Waals surface area contributed by atoms with E-state index in [4.69, 9.17) is 10.5 Å². The Morgan fingerprint density at radius 1 is 1.09 bits per heavy atom. The Kier molecular flexibility index (Phi) is 4.48. The first kappa shape index (κ1) is 15.4. The summed E-state index contributed by atoms with van der Waals surface area (Å²) in [5.41, 5.74) is 9.37. The number of anilines is 3. The van der Waals surface area contributed by atoms with Crippen molar-refractivity contribution < 1.29 is 4.74 Å². The molecule has 2 aromatic carbocycles. The number of aromatic nitrogens is 1. The van der Waals surface area contributed by atoms with Crippen LogP contribution in [0.2, 0.25) is 0 Å². The molecule has 1 aromatic heterocycles. The van der Waals surface area contributed by atoms with Crippen molar-refractivity contribution in [2.75, 3.05) is 11.1 Å². The van der Waals surface area contributed by atoms with Gasteiger partial charge in [0, 0.05) is 16.6 Å². The summed E-state index contributed by atoms with van der Waals surface area (Å²) in [7, 11) is 0. The van der Waals surface area contributed by atoms with Gasteiger partial charge in [0.1, 0.15) is 5.75 Å². The average Bonchev–Trinajstić information content (AvgIpc) is 2.98. The molecule has 0 bridgehead atoms. The summed E-state index contributed by atoms with van der Waals surface area (Å²) < 4.78 is 5.82. The minimum Gasteiger partial charge on any atom is -0.489 e. The Labute approximate surface area is 140 Å². The predicted molar refractivity (Wildman–Crippen MR) is 97.5 cm³/mol. The Hall–Kier alpha value is -2.53. The van der Waals surface area contributed by atoms with Crippen LogP contribution in [0.15, 0.2) is 53.9 Å². The fourth-order valence-electron chi connectivity index (χ4n) is 2.16. The van der Waals surface area contributed by atoms with Gasteiger partial charge in [0.25, 0.3) is 0 Å². The molecule has 0 saturated heterocycles. The van der Waals surface area contributed by atoms with Crippen molar-refractivity contribution in [2.45, 2.75) is 20.0 Å². The minimum atomic E-state index is 0.125. The molecule has 4 nitrogen and oxygen atoms in total. The van der Waals surface area contributed by atoms with Gasteiger partial charge in [0.2, 0.25) is 0 Å². The molecule has 0 fully saturated rings. The third-order valence-corrected chi connectivity index (χ3v) is 3.96. The van der Waals surface area contributed by atoms with Gasteiger partial charge in [-0.2, -0.15) is 0 Å². The second-order valence-electron chi connectivity index (χ2n) is 5.45. The number of nitrogens with two attached hydrogens (primary N) is 1. The summed E-state index contributed by atoms with van der Waals surface area (Å²) in [5, 5.41) is 6.19. The van der Waals surface area contributed by atoms with Crippen molar-refractivity contribution >= 4 is 27.8 Å². The van der Waals surface area contributed by atoms with Crippen LogP contribution in [0.4, 0.5) is 16.5 Å². The molecule has 5 heteroatoms. The van der Waals surface area contributed by atoms with Gasteiger partial charge in [-0.1, -0.05) is 24.3 Å². The van der Waals surface area contributed by atoms with Crippen molar-refractivity contribution in [1.82, 2.24) is 4.98 Å². The summed E-state index contributed by atoms with van der Waals surface area (Å²) in [6, 6.07) is 15.6. The maximum Gasteiger partial charge on any atom is 0.187 e. The molecule has 3 N–H and O–H groups in total. The van der Waals surface area contributed by atoms with E-state index in [-0.39, 0.29) is 6.10 Å². The molecule has 1 heterocycles. The quantitative estimate of drug-likeness (QED) is 0.653. The maximum absolute atomic E-state index is 5.82. The van der Waals surface area contributed by atoms with Crippen LogP contribution >= 0.6 is 11.3 Å². The highest BCUT2D eigenvalue weighted by Crippen LogP contribution is 2.31. The number of ether oxygens (including phenoxy) is 1. The smallest absolute Gasteiger partial charge is 0.187 e. The number of hydrogen-bond acceptors (Lipinski definition) is 5. The molecule has 23 heavy (non-hydrogen) atoms. The second-order valence-corrected chi connectivity index (χ2v) is 6.31. The summed E-state index contributed by atoms with van der Waals surface area (Å²) >= 11 is 1.56. The highest BCUT2D eigenvalue weighted by atomic mass is 32.1. The van der Waals surface area contributed by atoms with E-state index in [0.29, 0.717) is 0 Å². The molecule has 0 spiro atoms. The lowest BCUT2D eigenvalue weighted by atomic mass is 10.1. The van der Waals surface area contributed by atoms with Crippen LogP contribution in [-0.2, 0) is 0 Å². The second kappa shape index (κ2) is 6.71. The van der Waals surface area contributed by atoms with E-state index in [0.717, 1.165) is 33.5 Å². The first-order valence-electron chi connectivity index (χ1n) is 7.46. The molecule has 0 aliphatic heterocycles. The fourth-order valence-corrected chi connectivity index (χ4v) is 2.89. The SMILES string of the molecule is CC(C)Oc1ccccc1Nc1nc(-c2ccc(N)cc2)cs1. The molecule has 3 rings (SSSR count). The van der Waals surface area contributed by atoms with Crippen molar-refractivity contribution in [3.63, 3.8) is 0 Å². The number of nitrogens with one attached hydrogen (secondary N) is 1. The molecule has 118 valence electrons. The lowest BCUT2D eigenvalue weighted by Crippen LogP contribution is -2.07. The zero-order valence-corrected chi connectivity index (χ0v) is 13.9. The van der Waals surface area contributed by atoms with E-state index in [1.54, 1.807) is 11.3 Å². The number of thiazole rings is 1. The van der Waals surface area contributed by atoms with E-state index in [2.05, 4.69) is 10.3 Å². The number of rotatable bonds is 5. The monoisotopic (exact) mass is 325 g/mol. The highest BCUT2D eigenvalue weighted by Gasteiger charge is 2.09. The maximum atomic E-state index is 5.82. The third kappa shape index (κ3) is 3.81. The van der Waals surface area contributed by atoms with Crippen LogP contribution in [0.3, 0.4) is 0 Å². The molecule has 3 aromatic rings. The Balaban J connectivity index is 1.81. The lowest BCUT2D eigenvalue weighted by Gasteiger charge is -2.14. The van der Waals surface area contributed by atoms with E-state index >= 15 is 0 Å². The van der Waals surface area contributed by atoms with Crippen LogP contribution in [-0.4, -0.2) is 11.1 Å². The van der Waals surface area contributed by atoms with Crippen LogP contribution in [0.5, 0.6) is 5.75 Å². The van der Waals surface area contributed by atoms with Crippen LogP contribution in [0, 0.1) is 0 Å². The first-order chi connectivity index (χ1) is 11.1. The van der Waals surface area contributed by atoms with Gasteiger partial charge in [0.05, 0.1) is 17.5 Å². The molecule has 0 aliphatic rings. The highest BCUT2D eigenvalue weighted by molar-refractivity contribution is 7.14. The number of para-hydroxylation sites is 2. The zero-order valence-electron chi connectivity index (χ0n) is 13.1. The standard InChI is InChI=1S/C18H19N3OS/c1-12(2)22-17-6-4-3-5-15(17)20-18-21-16(11-23-18)13-7-9-14(19)10-8-13/h3-12H,19H2,1-2H3,(H,20,21). The van der Waals surface area contributed by atoms with E-state index in [1.165, 1.54) is 0 Å². The largest absolute Gasteiger partial charge is 0.489 e. The molecule has 0 unspecified atom stereocenters. The van der Waals surface area contributed by atoms with Gasteiger partial charge in [-0.25, -0.2) is 4.98 Å². The molecule has 0 saturated carbocycles. The van der Waals surface area contributed by atoms with Crippen molar-refractivity contribution in [1.29, 1.82) is 0 Å². The predicted octanol–water partition coefficient (Wildman–Crippen LogP) is 4.92. The van der Waals surface area contributed by atoms with Crippen molar-refractivity contribution in [3.8, 4) is 17.0 Å². The van der Waals surface area contributed by atoms with Crippen LogP contribution in [0.25, 0.3) is 11.3 Å². The average molecular weight is 325 g/mol. The molecule has 0 amide bonds. The Bertz CT molecular complexity index is 781.